The van der Waals surface area contributed by atoms with E-state index in [-0.39, 0.29) is 12.1 Å². The fourth-order valence-corrected chi connectivity index (χ4v) is 1.93. The highest BCUT2D eigenvalue weighted by Gasteiger charge is 2.10. The van der Waals surface area contributed by atoms with Crippen molar-refractivity contribution in [1.29, 1.82) is 0 Å². The van der Waals surface area contributed by atoms with Crippen LogP contribution in [0.4, 0.5) is 5.69 Å². The van der Waals surface area contributed by atoms with Crippen molar-refractivity contribution in [3.05, 3.63) is 64.6 Å². The van der Waals surface area contributed by atoms with Gasteiger partial charge in [-0.25, -0.2) is 4.79 Å². The van der Waals surface area contributed by atoms with E-state index >= 15 is 0 Å². The number of amides is 1. The normalized spacial score (nSPS) is 9.96. The minimum absolute atomic E-state index is 0.277. The number of aromatic nitrogens is 1. The lowest BCUT2D eigenvalue weighted by atomic mass is 10.2. The van der Waals surface area contributed by atoms with Crippen LogP contribution in [0.1, 0.15) is 10.4 Å². The van der Waals surface area contributed by atoms with E-state index in [2.05, 4.69) is 10.1 Å². The third-order valence-corrected chi connectivity index (χ3v) is 3.15. The van der Waals surface area contributed by atoms with Crippen molar-refractivity contribution in [2.75, 3.05) is 19.0 Å². The van der Waals surface area contributed by atoms with Crippen molar-refractivity contribution in [2.45, 2.75) is 6.54 Å². The van der Waals surface area contributed by atoms with E-state index in [1.807, 2.05) is 0 Å². The van der Waals surface area contributed by atoms with E-state index in [4.69, 9.17) is 4.74 Å². The summed E-state index contributed by atoms with van der Waals surface area (Å²) in [6.07, 6.45) is 1.45. The van der Waals surface area contributed by atoms with Crippen molar-refractivity contribution in [2.24, 2.45) is 0 Å². The van der Waals surface area contributed by atoms with Crippen LogP contribution in [0.3, 0.4) is 0 Å². The predicted molar refractivity (Wildman–Crippen MR) is 88.1 cm³/mol. The number of hydrogen-bond acceptors (Lipinski definition) is 6. The summed E-state index contributed by atoms with van der Waals surface area (Å²) >= 11 is 0. The molecule has 25 heavy (non-hydrogen) atoms. The SMILES string of the molecule is COC(=O)c1ccc(NC(=O)COC(=O)Cn2ccccc2=O)cc1. The van der Waals surface area contributed by atoms with Gasteiger partial charge in [0.05, 0.1) is 12.7 Å². The van der Waals surface area contributed by atoms with Crippen molar-refractivity contribution in [3.8, 4) is 0 Å². The van der Waals surface area contributed by atoms with Gasteiger partial charge in [-0.1, -0.05) is 6.07 Å². The molecule has 0 spiro atoms. The topological polar surface area (TPSA) is 104 Å². The monoisotopic (exact) mass is 344 g/mol. The molecule has 1 heterocycles. The third-order valence-electron chi connectivity index (χ3n) is 3.15. The zero-order valence-corrected chi connectivity index (χ0v) is 13.4. The molecule has 0 aliphatic heterocycles. The number of benzene rings is 1. The van der Waals surface area contributed by atoms with E-state index in [0.717, 1.165) is 0 Å². The number of pyridine rings is 1. The zero-order valence-electron chi connectivity index (χ0n) is 13.4. The van der Waals surface area contributed by atoms with Gasteiger partial charge in [0, 0.05) is 18.0 Å². The van der Waals surface area contributed by atoms with Gasteiger partial charge in [-0.05, 0) is 30.3 Å². The van der Waals surface area contributed by atoms with Crippen LogP contribution in [0.15, 0.2) is 53.5 Å². The van der Waals surface area contributed by atoms with Gasteiger partial charge in [0.15, 0.2) is 6.61 Å². The number of carbonyl (C=O) groups excluding carboxylic acids is 3. The Morgan fingerprint density at radius 1 is 1.08 bits per heavy atom. The minimum Gasteiger partial charge on any atom is -0.465 e. The Morgan fingerprint density at radius 3 is 2.44 bits per heavy atom. The van der Waals surface area contributed by atoms with E-state index in [0.29, 0.717) is 11.3 Å². The van der Waals surface area contributed by atoms with Crippen LogP contribution in [0.2, 0.25) is 0 Å². The average Bonchev–Trinajstić information content (AvgIpc) is 2.62. The zero-order chi connectivity index (χ0) is 18.2. The molecule has 0 fully saturated rings. The van der Waals surface area contributed by atoms with E-state index < -0.39 is 24.5 Å². The number of nitrogens with one attached hydrogen (secondary N) is 1. The van der Waals surface area contributed by atoms with Crippen LogP contribution in [-0.4, -0.2) is 36.1 Å². The third kappa shape index (κ3) is 5.31. The number of rotatable bonds is 6. The Labute approximate surface area is 143 Å². The standard InChI is InChI=1S/C17H16N2O6/c1-24-17(23)12-5-7-13(8-6-12)18-14(20)11-25-16(22)10-19-9-3-2-4-15(19)21/h2-9H,10-11H2,1H3,(H,18,20). The molecule has 1 N–H and O–H groups in total. The van der Waals surface area contributed by atoms with Crippen molar-refractivity contribution in [1.82, 2.24) is 4.57 Å². The van der Waals surface area contributed by atoms with Crippen LogP contribution in [0.25, 0.3) is 0 Å². The Hall–Kier alpha value is -3.42. The van der Waals surface area contributed by atoms with Gasteiger partial charge in [-0.2, -0.15) is 0 Å². The van der Waals surface area contributed by atoms with Gasteiger partial charge in [0.2, 0.25) is 0 Å². The Bertz CT molecular complexity index is 826. The maximum Gasteiger partial charge on any atom is 0.337 e. The minimum atomic E-state index is -0.704. The summed E-state index contributed by atoms with van der Waals surface area (Å²) in [6, 6.07) is 10.5. The summed E-state index contributed by atoms with van der Waals surface area (Å²) in [7, 11) is 1.27. The second-order valence-corrected chi connectivity index (χ2v) is 4.94. The van der Waals surface area contributed by atoms with Crippen molar-refractivity contribution >= 4 is 23.5 Å². The molecule has 8 heteroatoms. The number of carbonyl (C=O) groups is 3. The summed E-state index contributed by atoms with van der Waals surface area (Å²) in [4.78, 5) is 46.2. The maximum atomic E-state index is 11.8. The van der Waals surface area contributed by atoms with Crippen LogP contribution in [0.5, 0.6) is 0 Å². The molecule has 2 rings (SSSR count). The first kappa shape index (κ1) is 17.9. The van der Waals surface area contributed by atoms with Crippen LogP contribution < -0.4 is 10.9 Å². The smallest absolute Gasteiger partial charge is 0.337 e. The summed E-state index contributed by atoms with van der Waals surface area (Å²) in [5.41, 5.74) is 0.447. The second kappa shape index (κ2) is 8.44. The molecule has 8 nitrogen and oxygen atoms in total. The fraction of sp³-hybridized carbons (Fsp3) is 0.176. The first-order valence-corrected chi connectivity index (χ1v) is 7.29. The molecule has 1 amide bonds. The molecule has 0 bridgehead atoms. The van der Waals surface area contributed by atoms with E-state index in [9.17, 15) is 19.2 Å². The molecular formula is C17H16N2O6. The Kier molecular flexibility index (Phi) is 6.05. The maximum absolute atomic E-state index is 11.8. The van der Waals surface area contributed by atoms with Crippen LogP contribution in [0, 0.1) is 0 Å². The van der Waals surface area contributed by atoms with Crippen molar-refractivity contribution < 1.29 is 23.9 Å². The van der Waals surface area contributed by atoms with Crippen LogP contribution >= 0.6 is 0 Å². The van der Waals surface area contributed by atoms with Gasteiger partial charge in [0.1, 0.15) is 6.54 Å². The van der Waals surface area contributed by atoms with Gasteiger partial charge in [-0.15, -0.1) is 0 Å². The fourth-order valence-electron chi connectivity index (χ4n) is 1.93. The summed E-state index contributed by atoms with van der Waals surface area (Å²) in [5.74, 6) is -1.73. The molecule has 0 aliphatic carbocycles. The lowest BCUT2D eigenvalue weighted by molar-refractivity contribution is -0.147. The molecular weight excluding hydrogens is 328 g/mol. The molecule has 0 atom stereocenters. The van der Waals surface area contributed by atoms with Crippen LogP contribution in [-0.2, 0) is 25.6 Å². The number of methoxy groups -OCH3 is 1. The van der Waals surface area contributed by atoms with Gasteiger partial charge >= 0.3 is 11.9 Å². The first-order chi connectivity index (χ1) is 12.0. The van der Waals surface area contributed by atoms with Gasteiger partial charge in [0.25, 0.3) is 11.5 Å². The molecule has 2 aromatic rings. The largest absolute Gasteiger partial charge is 0.465 e. The number of nitrogens with zero attached hydrogens (tertiary/aromatic N) is 1. The summed E-state index contributed by atoms with van der Waals surface area (Å²) in [5, 5.41) is 2.52. The lowest BCUT2D eigenvalue weighted by Crippen LogP contribution is -2.26. The average molecular weight is 344 g/mol. The number of ether oxygens (including phenoxy) is 2. The Balaban J connectivity index is 1.82. The number of hydrogen-bond donors (Lipinski definition) is 1. The van der Waals surface area contributed by atoms with Crippen molar-refractivity contribution in [3.63, 3.8) is 0 Å². The highest BCUT2D eigenvalue weighted by atomic mass is 16.5. The molecule has 1 aromatic carbocycles. The first-order valence-electron chi connectivity index (χ1n) is 7.29. The Morgan fingerprint density at radius 2 is 1.80 bits per heavy atom. The highest BCUT2D eigenvalue weighted by Crippen LogP contribution is 2.10. The molecule has 1 aromatic heterocycles. The predicted octanol–water partition coefficient (Wildman–Crippen LogP) is 0.817. The summed E-state index contributed by atoms with van der Waals surface area (Å²) in [6.45, 7) is -0.764. The molecule has 0 aliphatic rings. The van der Waals surface area contributed by atoms with E-state index in [1.165, 1.54) is 48.2 Å². The number of esters is 2. The molecule has 130 valence electrons. The molecule has 0 unspecified atom stereocenters. The quantitative estimate of drug-likeness (QED) is 0.778. The summed E-state index contributed by atoms with van der Waals surface area (Å²) < 4.78 is 10.6. The lowest BCUT2D eigenvalue weighted by Gasteiger charge is -2.08. The molecule has 0 radical (unpaired) electrons. The molecule has 0 saturated heterocycles. The molecule has 0 saturated carbocycles. The van der Waals surface area contributed by atoms with E-state index in [1.54, 1.807) is 12.1 Å². The van der Waals surface area contributed by atoms with Gasteiger partial charge in [-0.3, -0.25) is 14.4 Å². The second-order valence-electron chi connectivity index (χ2n) is 4.94. The van der Waals surface area contributed by atoms with Gasteiger partial charge < -0.3 is 19.4 Å². The highest BCUT2D eigenvalue weighted by molar-refractivity contribution is 5.94. The number of anilines is 1.